The molecule has 72 valence electrons. The van der Waals surface area contributed by atoms with E-state index in [0.29, 0.717) is 0 Å². The third-order valence-electron chi connectivity index (χ3n) is 1.35. The SMILES string of the molecule is CS(=O)(=O)Cc1c(F)ccnc1F. The number of sulfone groups is 1. The minimum absolute atomic E-state index is 0.509. The van der Waals surface area contributed by atoms with Crippen LogP contribution < -0.4 is 0 Å². The summed E-state index contributed by atoms with van der Waals surface area (Å²) in [6.07, 6.45) is 1.84. The van der Waals surface area contributed by atoms with Crippen LogP contribution in [0.15, 0.2) is 12.3 Å². The van der Waals surface area contributed by atoms with Gasteiger partial charge in [0, 0.05) is 12.5 Å². The van der Waals surface area contributed by atoms with Crippen LogP contribution in [0.25, 0.3) is 0 Å². The predicted molar refractivity (Wildman–Crippen MR) is 42.7 cm³/mol. The zero-order valence-electron chi connectivity index (χ0n) is 6.79. The Morgan fingerprint density at radius 3 is 2.54 bits per heavy atom. The van der Waals surface area contributed by atoms with E-state index in [1.54, 1.807) is 0 Å². The van der Waals surface area contributed by atoms with Crippen molar-refractivity contribution in [2.45, 2.75) is 5.75 Å². The lowest BCUT2D eigenvalue weighted by atomic mass is 10.3. The Balaban J connectivity index is 3.15. The summed E-state index contributed by atoms with van der Waals surface area (Å²) >= 11 is 0. The first-order valence-electron chi connectivity index (χ1n) is 3.37. The maximum absolute atomic E-state index is 12.8. The van der Waals surface area contributed by atoms with Crippen molar-refractivity contribution in [1.29, 1.82) is 0 Å². The Kier molecular flexibility index (Phi) is 2.60. The molecule has 1 aromatic rings. The lowest BCUT2D eigenvalue weighted by Gasteiger charge is -2.01. The second kappa shape index (κ2) is 3.37. The highest BCUT2D eigenvalue weighted by atomic mass is 32.2. The smallest absolute Gasteiger partial charge is 0.220 e. The lowest BCUT2D eigenvalue weighted by molar-refractivity contribution is 0.530. The molecule has 0 radical (unpaired) electrons. The van der Waals surface area contributed by atoms with E-state index in [1.807, 2.05) is 0 Å². The first-order valence-corrected chi connectivity index (χ1v) is 5.43. The third-order valence-corrected chi connectivity index (χ3v) is 2.17. The first-order chi connectivity index (χ1) is 5.90. The number of aromatic nitrogens is 1. The molecule has 0 fully saturated rings. The Bertz CT molecular complexity index is 396. The van der Waals surface area contributed by atoms with E-state index in [0.717, 1.165) is 18.5 Å². The average Bonchev–Trinajstić information content (AvgIpc) is 1.95. The molecule has 3 nitrogen and oxygen atoms in total. The quantitative estimate of drug-likeness (QED) is 0.677. The second-order valence-electron chi connectivity index (χ2n) is 2.63. The molecule has 0 saturated carbocycles. The summed E-state index contributed by atoms with van der Waals surface area (Å²) in [5.41, 5.74) is -0.509. The zero-order chi connectivity index (χ0) is 10.1. The van der Waals surface area contributed by atoms with Gasteiger partial charge in [-0.05, 0) is 6.07 Å². The van der Waals surface area contributed by atoms with Crippen LogP contribution in [0, 0.1) is 11.8 Å². The molecule has 1 heterocycles. The van der Waals surface area contributed by atoms with Gasteiger partial charge in [0.05, 0.1) is 11.3 Å². The molecular weight excluding hydrogens is 200 g/mol. The maximum Gasteiger partial charge on any atom is 0.220 e. The lowest BCUT2D eigenvalue weighted by Crippen LogP contribution is -2.06. The van der Waals surface area contributed by atoms with Crippen LogP contribution in [0.3, 0.4) is 0 Å². The van der Waals surface area contributed by atoms with Gasteiger partial charge in [0.2, 0.25) is 5.95 Å². The zero-order valence-corrected chi connectivity index (χ0v) is 7.61. The fourth-order valence-corrected chi connectivity index (χ4v) is 1.62. The van der Waals surface area contributed by atoms with Gasteiger partial charge in [-0.25, -0.2) is 17.8 Å². The molecule has 13 heavy (non-hydrogen) atoms. The van der Waals surface area contributed by atoms with Crippen LogP contribution >= 0.6 is 0 Å². The van der Waals surface area contributed by atoms with Crippen LogP contribution in [-0.4, -0.2) is 19.7 Å². The molecule has 0 saturated heterocycles. The van der Waals surface area contributed by atoms with Crippen molar-refractivity contribution in [2.24, 2.45) is 0 Å². The monoisotopic (exact) mass is 207 g/mol. The molecule has 0 unspecified atom stereocenters. The second-order valence-corrected chi connectivity index (χ2v) is 4.77. The van der Waals surface area contributed by atoms with Gasteiger partial charge in [-0.15, -0.1) is 0 Å². The molecule has 0 aliphatic heterocycles. The van der Waals surface area contributed by atoms with Crippen molar-refractivity contribution in [3.63, 3.8) is 0 Å². The van der Waals surface area contributed by atoms with E-state index in [4.69, 9.17) is 0 Å². The molecule has 0 bridgehead atoms. The summed E-state index contributed by atoms with van der Waals surface area (Å²) in [5, 5.41) is 0. The topological polar surface area (TPSA) is 47.0 Å². The summed E-state index contributed by atoms with van der Waals surface area (Å²) in [5.74, 6) is -2.64. The largest absolute Gasteiger partial charge is 0.229 e. The minimum atomic E-state index is -3.44. The maximum atomic E-state index is 12.8. The van der Waals surface area contributed by atoms with E-state index in [1.165, 1.54) is 0 Å². The third kappa shape index (κ3) is 2.73. The molecule has 6 heteroatoms. The number of hydrogen-bond donors (Lipinski definition) is 0. The van der Waals surface area contributed by atoms with Crippen molar-refractivity contribution < 1.29 is 17.2 Å². The molecular formula is C7H7F2NO2S. The van der Waals surface area contributed by atoms with Crippen molar-refractivity contribution >= 4 is 9.84 Å². The highest BCUT2D eigenvalue weighted by molar-refractivity contribution is 7.89. The van der Waals surface area contributed by atoms with Gasteiger partial charge in [-0.1, -0.05) is 0 Å². The van der Waals surface area contributed by atoms with Gasteiger partial charge in [-0.2, -0.15) is 4.39 Å². The van der Waals surface area contributed by atoms with Gasteiger partial charge in [-0.3, -0.25) is 0 Å². The minimum Gasteiger partial charge on any atom is -0.229 e. The van der Waals surface area contributed by atoms with Crippen LogP contribution in [-0.2, 0) is 15.6 Å². The van der Waals surface area contributed by atoms with E-state index < -0.39 is 32.9 Å². The Morgan fingerprint density at radius 2 is 2.08 bits per heavy atom. The van der Waals surface area contributed by atoms with Crippen LogP contribution in [0.1, 0.15) is 5.56 Å². The van der Waals surface area contributed by atoms with Gasteiger partial charge >= 0.3 is 0 Å². The highest BCUT2D eigenvalue weighted by Crippen LogP contribution is 2.12. The molecule has 0 aliphatic carbocycles. The number of rotatable bonds is 2. The standard InChI is InChI=1S/C7H7F2NO2S/c1-13(11,12)4-5-6(8)2-3-10-7(5)9/h2-3H,4H2,1H3. The normalized spacial score (nSPS) is 11.6. The summed E-state index contributed by atoms with van der Waals surface area (Å²) in [6.45, 7) is 0. The highest BCUT2D eigenvalue weighted by Gasteiger charge is 2.14. The van der Waals surface area contributed by atoms with Crippen LogP contribution in [0.5, 0.6) is 0 Å². The first kappa shape index (κ1) is 10.0. The van der Waals surface area contributed by atoms with E-state index in [-0.39, 0.29) is 0 Å². The van der Waals surface area contributed by atoms with Gasteiger partial charge in [0.1, 0.15) is 5.82 Å². The van der Waals surface area contributed by atoms with Crippen molar-refractivity contribution in [3.8, 4) is 0 Å². The summed E-state index contributed by atoms with van der Waals surface area (Å²) in [6, 6.07) is 0.920. The summed E-state index contributed by atoms with van der Waals surface area (Å²) in [4.78, 5) is 3.15. The van der Waals surface area contributed by atoms with Gasteiger partial charge < -0.3 is 0 Å². The van der Waals surface area contributed by atoms with E-state index in [9.17, 15) is 17.2 Å². The number of nitrogens with zero attached hydrogens (tertiary/aromatic N) is 1. The van der Waals surface area contributed by atoms with E-state index in [2.05, 4.69) is 4.98 Å². The number of pyridine rings is 1. The van der Waals surface area contributed by atoms with Crippen LogP contribution in [0.4, 0.5) is 8.78 Å². The number of halogens is 2. The molecule has 1 rings (SSSR count). The fraction of sp³-hybridized carbons (Fsp3) is 0.286. The fourth-order valence-electron chi connectivity index (χ4n) is 0.836. The molecule has 0 N–H and O–H groups in total. The van der Waals surface area contributed by atoms with Crippen LogP contribution in [0.2, 0.25) is 0 Å². The molecule has 0 atom stereocenters. The Hall–Kier alpha value is -1.04. The summed E-state index contributed by atoms with van der Waals surface area (Å²) < 4.78 is 47.1. The van der Waals surface area contributed by atoms with Gasteiger partial charge in [0.15, 0.2) is 9.84 Å². The van der Waals surface area contributed by atoms with Crippen molar-refractivity contribution in [2.75, 3.05) is 6.26 Å². The molecule has 0 aromatic carbocycles. The van der Waals surface area contributed by atoms with Crippen molar-refractivity contribution in [3.05, 3.63) is 29.6 Å². The molecule has 0 spiro atoms. The number of hydrogen-bond acceptors (Lipinski definition) is 3. The molecule has 0 amide bonds. The predicted octanol–water partition coefficient (Wildman–Crippen LogP) is 0.904. The van der Waals surface area contributed by atoms with Crippen molar-refractivity contribution in [1.82, 2.24) is 4.98 Å². The Morgan fingerprint density at radius 1 is 1.46 bits per heavy atom. The van der Waals surface area contributed by atoms with Gasteiger partial charge in [0.25, 0.3) is 0 Å². The average molecular weight is 207 g/mol. The molecule has 1 aromatic heterocycles. The van der Waals surface area contributed by atoms with E-state index >= 15 is 0 Å². The Labute approximate surface area is 74.3 Å². The molecule has 0 aliphatic rings. The summed E-state index contributed by atoms with van der Waals surface area (Å²) in [7, 11) is -3.44.